The Morgan fingerprint density at radius 2 is 1.83 bits per heavy atom. The van der Waals surface area contributed by atoms with Crippen LogP contribution in [-0.2, 0) is 6.54 Å². The molecule has 0 radical (unpaired) electrons. The fourth-order valence-electron chi connectivity index (χ4n) is 2.40. The summed E-state index contributed by atoms with van der Waals surface area (Å²) >= 11 is 0. The van der Waals surface area contributed by atoms with Gasteiger partial charge in [-0.25, -0.2) is 0 Å². The smallest absolute Gasteiger partial charge is 0.253 e. The van der Waals surface area contributed by atoms with Gasteiger partial charge in [-0.15, -0.1) is 0 Å². The van der Waals surface area contributed by atoms with Crippen molar-refractivity contribution in [2.45, 2.75) is 6.54 Å². The van der Waals surface area contributed by atoms with E-state index in [9.17, 15) is 9.59 Å². The molecule has 3 aromatic rings. The lowest BCUT2D eigenvalue weighted by molar-refractivity contribution is 0.0951. The summed E-state index contributed by atoms with van der Waals surface area (Å²) in [6, 6.07) is 16.1. The molecule has 23 heavy (non-hydrogen) atoms. The molecule has 0 aliphatic carbocycles. The first kappa shape index (κ1) is 14.7. The van der Waals surface area contributed by atoms with Gasteiger partial charge in [0.25, 0.3) is 5.91 Å². The SMILES string of the molecule is NC(=O)c1cccc(CNC(=O)c2cccc3cccnc23)c1. The number of nitrogens with zero attached hydrogens (tertiary/aromatic N) is 1. The quantitative estimate of drug-likeness (QED) is 0.775. The maximum absolute atomic E-state index is 12.4. The maximum Gasteiger partial charge on any atom is 0.253 e. The van der Waals surface area contributed by atoms with Crippen LogP contribution in [0.25, 0.3) is 10.9 Å². The lowest BCUT2D eigenvalue weighted by Crippen LogP contribution is -2.23. The van der Waals surface area contributed by atoms with E-state index >= 15 is 0 Å². The monoisotopic (exact) mass is 305 g/mol. The van der Waals surface area contributed by atoms with Gasteiger partial charge in [0.15, 0.2) is 0 Å². The number of primary amides is 1. The molecule has 3 N–H and O–H groups in total. The molecule has 0 aliphatic heterocycles. The van der Waals surface area contributed by atoms with E-state index in [-0.39, 0.29) is 5.91 Å². The number of nitrogens with two attached hydrogens (primary N) is 1. The van der Waals surface area contributed by atoms with Crippen LogP contribution in [0.15, 0.2) is 60.8 Å². The first-order valence-electron chi connectivity index (χ1n) is 7.16. The molecule has 1 aromatic heterocycles. The molecule has 0 fully saturated rings. The van der Waals surface area contributed by atoms with Crippen molar-refractivity contribution < 1.29 is 9.59 Å². The Morgan fingerprint density at radius 1 is 1.04 bits per heavy atom. The predicted molar refractivity (Wildman–Crippen MR) is 87.9 cm³/mol. The number of hydrogen-bond donors (Lipinski definition) is 2. The fraction of sp³-hybridized carbons (Fsp3) is 0.0556. The van der Waals surface area contributed by atoms with Gasteiger partial charge in [-0.1, -0.05) is 30.3 Å². The summed E-state index contributed by atoms with van der Waals surface area (Å²) in [5.41, 5.74) is 7.67. The van der Waals surface area contributed by atoms with E-state index in [2.05, 4.69) is 10.3 Å². The molecule has 0 saturated carbocycles. The van der Waals surface area contributed by atoms with Gasteiger partial charge < -0.3 is 11.1 Å². The summed E-state index contributed by atoms with van der Waals surface area (Å²) in [7, 11) is 0. The van der Waals surface area contributed by atoms with E-state index in [1.54, 1.807) is 30.5 Å². The summed E-state index contributed by atoms with van der Waals surface area (Å²) in [6.07, 6.45) is 1.66. The van der Waals surface area contributed by atoms with Crippen molar-refractivity contribution in [1.82, 2.24) is 10.3 Å². The molecule has 5 heteroatoms. The first-order valence-corrected chi connectivity index (χ1v) is 7.16. The van der Waals surface area contributed by atoms with Gasteiger partial charge in [-0.2, -0.15) is 0 Å². The second-order valence-electron chi connectivity index (χ2n) is 5.13. The van der Waals surface area contributed by atoms with Gasteiger partial charge in [0.05, 0.1) is 11.1 Å². The standard InChI is InChI=1S/C18H15N3O2/c19-17(22)14-6-1-4-12(10-14)11-21-18(23)15-8-2-5-13-7-3-9-20-16(13)15/h1-10H,11H2,(H2,19,22)(H,21,23). The predicted octanol–water partition coefficient (Wildman–Crippen LogP) is 2.26. The number of carbonyl (C=O) groups excluding carboxylic acids is 2. The molecule has 0 aliphatic rings. The minimum atomic E-state index is -0.489. The van der Waals surface area contributed by atoms with Crippen LogP contribution in [0.1, 0.15) is 26.3 Å². The third-order valence-electron chi connectivity index (χ3n) is 3.54. The Balaban J connectivity index is 1.79. The average molecular weight is 305 g/mol. The van der Waals surface area contributed by atoms with E-state index < -0.39 is 5.91 Å². The zero-order valence-electron chi connectivity index (χ0n) is 12.3. The Hall–Kier alpha value is -3.21. The molecule has 2 aromatic carbocycles. The van der Waals surface area contributed by atoms with Crippen LogP contribution < -0.4 is 11.1 Å². The topological polar surface area (TPSA) is 85.1 Å². The van der Waals surface area contributed by atoms with Crippen LogP contribution in [0.4, 0.5) is 0 Å². The number of benzene rings is 2. The molecular weight excluding hydrogens is 290 g/mol. The molecule has 5 nitrogen and oxygen atoms in total. The summed E-state index contributed by atoms with van der Waals surface area (Å²) < 4.78 is 0. The molecule has 0 saturated heterocycles. The van der Waals surface area contributed by atoms with Gasteiger partial charge in [-0.05, 0) is 29.8 Å². The highest BCUT2D eigenvalue weighted by Gasteiger charge is 2.10. The van der Waals surface area contributed by atoms with Gasteiger partial charge in [0, 0.05) is 23.7 Å². The summed E-state index contributed by atoms with van der Waals surface area (Å²) in [4.78, 5) is 27.9. The van der Waals surface area contributed by atoms with Crippen LogP contribution in [0.5, 0.6) is 0 Å². The number of rotatable bonds is 4. The van der Waals surface area contributed by atoms with Crippen molar-refractivity contribution in [3.8, 4) is 0 Å². The van der Waals surface area contributed by atoms with Crippen LogP contribution >= 0.6 is 0 Å². The molecule has 3 rings (SSSR count). The number of pyridine rings is 1. The van der Waals surface area contributed by atoms with Crippen molar-refractivity contribution in [2.24, 2.45) is 5.73 Å². The maximum atomic E-state index is 12.4. The van der Waals surface area contributed by atoms with E-state index in [0.717, 1.165) is 10.9 Å². The number of amides is 2. The number of hydrogen-bond acceptors (Lipinski definition) is 3. The van der Waals surface area contributed by atoms with Gasteiger partial charge in [0.2, 0.25) is 5.91 Å². The minimum absolute atomic E-state index is 0.209. The summed E-state index contributed by atoms with van der Waals surface area (Å²) in [5.74, 6) is -0.699. The minimum Gasteiger partial charge on any atom is -0.366 e. The Morgan fingerprint density at radius 3 is 2.65 bits per heavy atom. The molecule has 0 bridgehead atoms. The highest BCUT2D eigenvalue weighted by Crippen LogP contribution is 2.16. The van der Waals surface area contributed by atoms with Gasteiger partial charge in [-0.3, -0.25) is 14.6 Å². The van der Waals surface area contributed by atoms with Crippen molar-refractivity contribution in [3.05, 3.63) is 77.5 Å². The van der Waals surface area contributed by atoms with E-state index in [1.807, 2.05) is 30.3 Å². The third-order valence-corrected chi connectivity index (χ3v) is 3.54. The molecule has 0 spiro atoms. The Labute approximate surface area is 133 Å². The largest absolute Gasteiger partial charge is 0.366 e. The zero-order chi connectivity index (χ0) is 16.2. The second-order valence-corrected chi connectivity index (χ2v) is 5.13. The van der Waals surface area contributed by atoms with Crippen molar-refractivity contribution in [1.29, 1.82) is 0 Å². The lowest BCUT2D eigenvalue weighted by atomic mass is 10.1. The number of nitrogens with one attached hydrogen (secondary N) is 1. The normalized spacial score (nSPS) is 10.4. The number of fused-ring (bicyclic) bond motifs is 1. The van der Waals surface area contributed by atoms with Crippen LogP contribution in [0.3, 0.4) is 0 Å². The van der Waals surface area contributed by atoms with E-state index in [0.29, 0.717) is 23.2 Å². The average Bonchev–Trinajstić information content (AvgIpc) is 2.59. The third kappa shape index (κ3) is 3.18. The van der Waals surface area contributed by atoms with Gasteiger partial charge >= 0.3 is 0 Å². The van der Waals surface area contributed by atoms with Crippen molar-refractivity contribution >= 4 is 22.7 Å². The molecule has 2 amide bonds. The molecule has 0 unspecified atom stereocenters. The number of aromatic nitrogens is 1. The van der Waals surface area contributed by atoms with Crippen molar-refractivity contribution in [3.63, 3.8) is 0 Å². The van der Waals surface area contributed by atoms with E-state index in [1.165, 1.54) is 0 Å². The summed E-state index contributed by atoms with van der Waals surface area (Å²) in [6.45, 7) is 0.309. The second kappa shape index (κ2) is 6.27. The molecular formula is C18H15N3O2. The number of carbonyl (C=O) groups is 2. The van der Waals surface area contributed by atoms with Crippen molar-refractivity contribution in [2.75, 3.05) is 0 Å². The molecule has 114 valence electrons. The van der Waals surface area contributed by atoms with Crippen LogP contribution in [-0.4, -0.2) is 16.8 Å². The van der Waals surface area contributed by atoms with E-state index in [4.69, 9.17) is 5.73 Å². The van der Waals surface area contributed by atoms with Crippen LogP contribution in [0.2, 0.25) is 0 Å². The zero-order valence-corrected chi connectivity index (χ0v) is 12.3. The Bertz CT molecular complexity index is 885. The first-order chi connectivity index (χ1) is 11.1. The number of para-hydroxylation sites is 1. The Kier molecular flexibility index (Phi) is 4.01. The lowest BCUT2D eigenvalue weighted by Gasteiger charge is -2.08. The highest BCUT2D eigenvalue weighted by molar-refractivity contribution is 6.05. The molecule has 0 atom stereocenters. The van der Waals surface area contributed by atoms with Crippen LogP contribution in [0, 0.1) is 0 Å². The summed E-state index contributed by atoms with van der Waals surface area (Å²) in [5, 5.41) is 3.76. The highest BCUT2D eigenvalue weighted by atomic mass is 16.2. The fourth-order valence-corrected chi connectivity index (χ4v) is 2.40. The van der Waals surface area contributed by atoms with Gasteiger partial charge in [0.1, 0.15) is 0 Å². The molecule has 1 heterocycles.